The van der Waals surface area contributed by atoms with Crippen molar-refractivity contribution in [2.75, 3.05) is 0 Å². The van der Waals surface area contributed by atoms with Crippen LogP contribution in [0.4, 0.5) is 4.39 Å². The quantitative estimate of drug-likeness (QED) is 0.847. The molecule has 0 radical (unpaired) electrons. The number of aromatic nitrogens is 1. The number of hydrogen-bond donors (Lipinski definition) is 2. The van der Waals surface area contributed by atoms with Gasteiger partial charge in [0.25, 0.3) is 5.91 Å². The molecule has 6 nitrogen and oxygen atoms in total. The lowest BCUT2D eigenvalue weighted by molar-refractivity contribution is -0.137. The van der Waals surface area contributed by atoms with Gasteiger partial charge in [-0.25, -0.2) is 4.39 Å². The Bertz CT molecular complexity index is 821. The Balaban J connectivity index is 1.84. The van der Waals surface area contributed by atoms with E-state index in [4.69, 9.17) is 21.2 Å². The van der Waals surface area contributed by atoms with E-state index in [0.717, 1.165) is 30.9 Å². The lowest BCUT2D eigenvalue weighted by atomic mass is 9.96. The van der Waals surface area contributed by atoms with E-state index in [2.05, 4.69) is 10.5 Å². The molecular formula is C17H16ClFN2O4. The van der Waals surface area contributed by atoms with Gasteiger partial charge < -0.3 is 14.9 Å². The first-order chi connectivity index (χ1) is 12.0. The topological polar surface area (TPSA) is 92.4 Å². The largest absolute Gasteiger partial charge is 0.481 e. The van der Waals surface area contributed by atoms with E-state index in [1.807, 2.05) is 0 Å². The summed E-state index contributed by atoms with van der Waals surface area (Å²) in [6.07, 6.45) is 2.95. The summed E-state index contributed by atoms with van der Waals surface area (Å²) >= 11 is 5.66. The number of carboxylic acids is 1. The van der Waals surface area contributed by atoms with Gasteiger partial charge in [-0.3, -0.25) is 9.59 Å². The van der Waals surface area contributed by atoms with Crippen molar-refractivity contribution in [3.8, 4) is 0 Å². The van der Waals surface area contributed by atoms with Crippen molar-refractivity contribution in [2.45, 2.75) is 38.1 Å². The molecule has 1 amide bonds. The summed E-state index contributed by atoms with van der Waals surface area (Å²) in [6.45, 7) is 0. The monoisotopic (exact) mass is 366 g/mol. The zero-order valence-electron chi connectivity index (χ0n) is 13.2. The first-order valence-corrected chi connectivity index (χ1v) is 8.28. The van der Waals surface area contributed by atoms with Crippen LogP contribution in [0.15, 0.2) is 22.7 Å². The van der Waals surface area contributed by atoms with E-state index in [1.54, 1.807) is 0 Å². The maximum absolute atomic E-state index is 13.7. The number of carboxylic acid groups (broad SMARTS) is 1. The summed E-state index contributed by atoms with van der Waals surface area (Å²) in [4.78, 5) is 23.7. The van der Waals surface area contributed by atoms with E-state index < -0.39 is 30.2 Å². The minimum absolute atomic E-state index is 0.0743. The predicted octanol–water partition coefficient (Wildman–Crippen LogP) is 3.29. The number of nitrogens with zero attached hydrogens (tertiary/aromatic N) is 1. The number of rotatable bonds is 5. The van der Waals surface area contributed by atoms with Crippen molar-refractivity contribution >= 4 is 23.5 Å². The molecule has 0 bridgehead atoms. The number of nitrogens with one attached hydrogen (secondary N) is 1. The van der Waals surface area contributed by atoms with Gasteiger partial charge in [0.15, 0.2) is 5.69 Å². The first kappa shape index (κ1) is 17.4. The Morgan fingerprint density at radius 2 is 2.12 bits per heavy atom. The fourth-order valence-electron chi connectivity index (χ4n) is 2.95. The second-order valence-corrected chi connectivity index (χ2v) is 6.34. The highest BCUT2D eigenvalue weighted by atomic mass is 35.5. The summed E-state index contributed by atoms with van der Waals surface area (Å²) in [5.41, 5.74) is 1.25. The van der Waals surface area contributed by atoms with Gasteiger partial charge in [-0.05, 0) is 37.0 Å². The molecular weight excluding hydrogens is 351 g/mol. The van der Waals surface area contributed by atoms with Crippen LogP contribution in [0.3, 0.4) is 0 Å². The standard InChI is InChI=1S/C17H16ClFN2O4/c18-11-6-5-9(7-12(11)19)13(8-15(22)23)20-17(24)16-10-3-1-2-4-14(10)25-21-16/h5-7,13H,1-4,8H2,(H,20,24)(H,22,23). The van der Waals surface area contributed by atoms with Crippen LogP contribution in [0, 0.1) is 5.82 Å². The van der Waals surface area contributed by atoms with E-state index in [0.29, 0.717) is 17.7 Å². The third-order valence-corrected chi connectivity index (χ3v) is 4.50. The van der Waals surface area contributed by atoms with E-state index in [9.17, 15) is 14.0 Å². The number of aliphatic carboxylic acids is 1. The van der Waals surface area contributed by atoms with Crippen LogP contribution >= 0.6 is 11.6 Å². The fourth-order valence-corrected chi connectivity index (χ4v) is 3.06. The van der Waals surface area contributed by atoms with Gasteiger partial charge in [0.2, 0.25) is 0 Å². The maximum Gasteiger partial charge on any atom is 0.305 e. The van der Waals surface area contributed by atoms with Gasteiger partial charge in [-0.1, -0.05) is 22.8 Å². The average Bonchev–Trinajstić information content (AvgIpc) is 3.00. The molecule has 0 spiro atoms. The van der Waals surface area contributed by atoms with Crippen LogP contribution in [0.5, 0.6) is 0 Å². The van der Waals surface area contributed by atoms with Gasteiger partial charge in [-0.15, -0.1) is 0 Å². The molecule has 1 aromatic heterocycles. The number of hydrogen-bond acceptors (Lipinski definition) is 4. The SMILES string of the molecule is O=C(O)CC(NC(=O)c1noc2c1CCCC2)c1ccc(Cl)c(F)c1. The van der Waals surface area contributed by atoms with Crippen molar-refractivity contribution in [3.05, 3.63) is 51.6 Å². The molecule has 1 unspecified atom stereocenters. The molecule has 1 atom stereocenters. The van der Waals surface area contributed by atoms with Gasteiger partial charge >= 0.3 is 5.97 Å². The maximum atomic E-state index is 13.7. The number of carbonyl (C=O) groups is 2. The molecule has 1 aliphatic carbocycles. The summed E-state index contributed by atoms with van der Waals surface area (Å²) in [5.74, 6) is -1.64. The fraction of sp³-hybridized carbons (Fsp3) is 0.353. The number of amides is 1. The Morgan fingerprint density at radius 1 is 1.36 bits per heavy atom. The van der Waals surface area contributed by atoms with Gasteiger partial charge in [0.05, 0.1) is 17.5 Å². The molecule has 3 rings (SSSR count). The molecule has 132 valence electrons. The number of fused-ring (bicyclic) bond motifs is 1. The molecule has 0 saturated heterocycles. The molecule has 1 heterocycles. The summed E-state index contributed by atoms with van der Waals surface area (Å²) in [7, 11) is 0. The molecule has 0 fully saturated rings. The Morgan fingerprint density at radius 3 is 2.84 bits per heavy atom. The van der Waals surface area contributed by atoms with E-state index in [1.165, 1.54) is 12.1 Å². The zero-order valence-corrected chi connectivity index (χ0v) is 14.0. The molecule has 0 aliphatic heterocycles. The molecule has 2 N–H and O–H groups in total. The van der Waals surface area contributed by atoms with E-state index >= 15 is 0 Å². The second kappa shape index (κ2) is 7.23. The third kappa shape index (κ3) is 3.82. The lowest BCUT2D eigenvalue weighted by Crippen LogP contribution is -2.31. The minimum Gasteiger partial charge on any atom is -0.481 e. The first-order valence-electron chi connectivity index (χ1n) is 7.90. The van der Waals surface area contributed by atoms with Crippen molar-refractivity contribution in [1.29, 1.82) is 0 Å². The van der Waals surface area contributed by atoms with Crippen molar-refractivity contribution in [1.82, 2.24) is 10.5 Å². The molecule has 2 aromatic rings. The lowest BCUT2D eigenvalue weighted by Gasteiger charge is -2.18. The van der Waals surface area contributed by atoms with Gasteiger partial charge in [0.1, 0.15) is 11.6 Å². The van der Waals surface area contributed by atoms with Crippen LogP contribution in [0.25, 0.3) is 0 Å². The number of carbonyl (C=O) groups excluding carboxylic acids is 1. The number of aryl methyl sites for hydroxylation is 1. The van der Waals surface area contributed by atoms with Gasteiger partial charge in [0, 0.05) is 12.0 Å². The van der Waals surface area contributed by atoms with Crippen LogP contribution in [0.1, 0.15) is 52.7 Å². The van der Waals surface area contributed by atoms with Crippen LogP contribution in [0.2, 0.25) is 5.02 Å². The molecule has 8 heteroatoms. The molecule has 0 saturated carbocycles. The highest BCUT2D eigenvalue weighted by Crippen LogP contribution is 2.26. The van der Waals surface area contributed by atoms with Crippen molar-refractivity contribution in [3.63, 3.8) is 0 Å². The molecule has 1 aromatic carbocycles. The normalized spacial score (nSPS) is 14.6. The summed E-state index contributed by atoms with van der Waals surface area (Å²) in [5, 5.41) is 15.5. The minimum atomic E-state index is -1.12. The highest BCUT2D eigenvalue weighted by Gasteiger charge is 2.27. The van der Waals surface area contributed by atoms with Crippen LogP contribution in [-0.4, -0.2) is 22.1 Å². The number of benzene rings is 1. The third-order valence-electron chi connectivity index (χ3n) is 4.20. The molecule has 25 heavy (non-hydrogen) atoms. The van der Waals surface area contributed by atoms with Crippen LogP contribution < -0.4 is 5.32 Å². The smallest absolute Gasteiger partial charge is 0.305 e. The summed E-state index contributed by atoms with van der Waals surface area (Å²) in [6, 6.07) is 3.02. The Hall–Kier alpha value is -2.41. The Labute approximate surface area is 148 Å². The molecule has 1 aliphatic rings. The number of halogens is 2. The zero-order chi connectivity index (χ0) is 18.0. The Kier molecular flexibility index (Phi) is 5.03. The van der Waals surface area contributed by atoms with Gasteiger partial charge in [-0.2, -0.15) is 0 Å². The van der Waals surface area contributed by atoms with Crippen LogP contribution in [-0.2, 0) is 17.6 Å². The summed E-state index contributed by atoms with van der Waals surface area (Å²) < 4.78 is 18.9. The van der Waals surface area contributed by atoms with Crippen molar-refractivity contribution in [2.24, 2.45) is 0 Å². The van der Waals surface area contributed by atoms with Crippen molar-refractivity contribution < 1.29 is 23.6 Å². The van der Waals surface area contributed by atoms with E-state index in [-0.39, 0.29) is 10.7 Å². The average molecular weight is 367 g/mol. The predicted molar refractivity (Wildman–Crippen MR) is 87.0 cm³/mol. The highest BCUT2D eigenvalue weighted by molar-refractivity contribution is 6.30. The second-order valence-electron chi connectivity index (χ2n) is 5.94.